The van der Waals surface area contributed by atoms with Crippen molar-refractivity contribution < 1.29 is 4.42 Å². The van der Waals surface area contributed by atoms with Gasteiger partial charge in [-0.3, -0.25) is 4.90 Å². The lowest BCUT2D eigenvalue weighted by Gasteiger charge is -2.26. The van der Waals surface area contributed by atoms with E-state index in [1.807, 2.05) is 0 Å². The molecule has 1 fully saturated rings. The van der Waals surface area contributed by atoms with Crippen LogP contribution in [0.1, 0.15) is 57.1 Å². The molecule has 2 rings (SSSR count). The molecule has 0 bridgehead atoms. The van der Waals surface area contributed by atoms with Crippen molar-refractivity contribution in [2.24, 2.45) is 5.41 Å². The predicted octanol–water partition coefficient (Wildman–Crippen LogP) is 3.71. The highest BCUT2D eigenvalue weighted by molar-refractivity contribution is 5.20. The molecule has 1 N–H and O–H groups in total. The van der Waals surface area contributed by atoms with Crippen LogP contribution >= 0.6 is 0 Å². The van der Waals surface area contributed by atoms with Gasteiger partial charge in [-0.1, -0.05) is 20.8 Å². The van der Waals surface area contributed by atoms with E-state index < -0.39 is 0 Å². The Morgan fingerprint density at radius 3 is 2.65 bits per heavy atom. The Hall–Kier alpha value is -0.800. The summed E-state index contributed by atoms with van der Waals surface area (Å²) in [7, 11) is 0. The Morgan fingerprint density at radius 2 is 2.05 bits per heavy atom. The van der Waals surface area contributed by atoms with E-state index in [-0.39, 0.29) is 0 Å². The first kappa shape index (κ1) is 15.6. The van der Waals surface area contributed by atoms with Gasteiger partial charge < -0.3 is 9.73 Å². The predicted molar refractivity (Wildman–Crippen MR) is 83.7 cm³/mol. The topological polar surface area (TPSA) is 28.4 Å². The van der Waals surface area contributed by atoms with Crippen LogP contribution in [0.2, 0.25) is 0 Å². The van der Waals surface area contributed by atoms with E-state index in [2.05, 4.69) is 44.0 Å². The molecule has 0 spiro atoms. The molecule has 0 saturated carbocycles. The number of likely N-dealkylation sites (tertiary alicyclic amines) is 1. The number of nitrogens with zero attached hydrogens (tertiary/aromatic N) is 1. The van der Waals surface area contributed by atoms with Crippen molar-refractivity contribution >= 4 is 0 Å². The molecule has 0 aliphatic carbocycles. The van der Waals surface area contributed by atoms with Crippen LogP contribution in [-0.2, 0) is 13.1 Å². The van der Waals surface area contributed by atoms with Crippen LogP contribution in [0.4, 0.5) is 0 Å². The van der Waals surface area contributed by atoms with Crippen molar-refractivity contribution in [3.05, 3.63) is 23.2 Å². The number of aryl methyl sites for hydroxylation is 1. The van der Waals surface area contributed by atoms with Gasteiger partial charge in [-0.05, 0) is 50.8 Å². The van der Waals surface area contributed by atoms with E-state index in [0.717, 1.165) is 31.2 Å². The van der Waals surface area contributed by atoms with Crippen LogP contribution in [0.5, 0.6) is 0 Å². The second-order valence-corrected chi connectivity index (χ2v) is 6.24. The zero-order valence-corrected chi connectivity index (χ0v) is 13.6. The number of nitrogens with one attached hydrogen (secondary N) is 1. The molecule has 3 heteroatoms. The van der Waals surface area contributed by atoms with Crippen molar-refractivity contribution in [3.63, 3.8) is 0 Å². The fourth-order valence-corrected chi connectivity index (χ4v) is 3.31. The molecular weight excluding hydrogens is 248 g/mol. The van der Waals surface area contributed by atoms with Gasteiger partial charge in [-0.2, -0.15) is 0 Å². The summed E-state index contributed by atoms with van der Waals surface area (Å²) in [4.78, 5) is 2.56. The van der Waals surface area contributed by atoms with Gasteiger partial charge in [-0.25, -0.2) is 0 Å². The third-order valence-electron chi connectivity index (χ3n) is 5.03. The summed E-state index contributed by atoms with van der Waals surface area (Å²) in [5.74, 6) is 2.19. The first-order chi connectivity index (χ1) is 9.62. The van der Waals surface area contributed by atoms with E-state index in [0.29, 0.717) is 5.41 Å². The quantitative estimate of drug-likeness (QED) is 0.824. The molecule has 114 valence electrons. The molecule has 3 nitrogen and oxygen atoms in total. The molecule has 1 aliphatic heterocycles. The fraction of sp³-hybridized carbons (Fsp3) is 0.765. The third-order valence-corrected chi connectivity index (χ3v) is 5.03. The van der Waals surface area contributed by atoms with Crippen molar-refractivity contribution in [3.8, 4) is 0 Å². The Bertz CT molecular complexity index is 421. The van der Waals surface area contributed by atoms with Gasteiger partial charge in [0.15, 0.2) is 0 Å². The van der Waals surface area contributed by atoms with Crippen LogP contribution in [0.3, 0.4) is 0 Å². The molecule has 0 unspecified atom stereocenters. The van der Waals surface area contributed by atoms with Gasteiger partial charge in [0.25, 0.3) is 0 Å². The minimum atomic E-state index is 0.550. The molecule has 2 heterocycles. The second-order valence-electron chi connectivity index (χ2n) is 6.24. The van der Waals surface area contributed by atoms with Crippen LogP contribution in [-0.4, -0.2) is 24.5 Å². The van der Waals surface area contributed by atoms with Crippen molar-refractivity contribution in [1.29, 1.82) is 0 Å². The van der Waals surface area contributed by atoms with E-state index in [1.165, 1.54) is 37.9 Å². The van der Waals surface area contributed by atoms with Crippen molar-refractivity contribution in [2.75, 3.05) is 19.6 Å². The summed E-state index contributed by atoms with van der Waals surface area (Å²) < 4.78 is 5.93. The number of furan rings is 1. The van der Waals surface area contributed by atoms with E-state index in [1.54, 1.807) is 0 Å². The molecule has 1 aliphatic rings. The molecule has 1 aromatic rings. The summed E-state index contributed by atoms with van der Waals surface area (Å²) in [6.07, 6.45) is 3.93. The first-order valence-electron chi connectivity index (χ1n) is 8.13. The molecule has 0 aromatic carbocycles. The van der Waals surface area contributed by atoms with Gasteiger partial charge in [-0.15, -0.1) is 0 Å². The van der Waals surface area contributed by atoms with Crippen LogP contribution < -0.4 is 5.32 Å². The van der Waals surface area contributed by atoms with Crippen molar-refractivity contribution in [2.45, 2.75) is 60.0 Å². The van der Waals surface area contributed by atoms with Gasteiger partial charge in [0.2, 0.25) is 0 Å². The fourth-order valence-electron chi connectivity index (χ4n) is 3.31. The second kappa shape index (κ2) is 6.77. The third kappa shape index (κ3) is 3.44. The van der Waals surface area contributed by atoms with Crippen LogP contribution in [0.25, 0.3) is 0 Å². The zero-order valence-electron chi connectivity index (χ0n) is 13.6. The number of hydrogen-bond acceptors (Lipinski definition) is 3. The van der Waals surface area contributed by atoms with E-state index >= 15 is 0 Å². The molecule has 0 amide bonds. The molecule has 1 saturated heterocycles. The number of hydrogen-bond donors (Lipinski definition) is 1. The maximum atomic E-state index is 5.93. The Labute approximate surface area is 123 Å². The average molecular weight is 278 g/mol. The largest absolute Gasteiger partial charge is 0.465 e. The molecular formula is C17H30N2O. The van der Waals surface area contributed by atoms with Crippen LogP contribution in [0.15, 0.2) is 10.5 Å². The molecule has 1 aromatic heterocycles. The monoisotopic (exact) mass is 278 g/mol. The van der Waals surface area contributed by atoms with E-state index in [4.69, 9.17) is 4.42 Å². The van der Waals surface area contributed by atoms with E-state index in [9.17, 15) is 0 Å². The molecule has 0 radical (unpaired) electrons. The maximum Gasteiger partial charge on any atom is 0.118 e. The molecule has 0 atom stereocenters. The van der Waals surface area contributed by atoms with Gasteiger partial charge in [0.1, 0.15) is 11.5 Å². The van der Waals surface area contributed by atoms with Gasteiger partial charge in [0.05, 0.1) is 6.54 Å². The normalized spacial score (nSPS) is 18.8. The van der Waals surface area contributed by atoms with Gasteiger partial charge in [0, 0.05) is 18.7 Å². The highest BCUT2D eigenvalue weighted by atomic mass is 16.3. The summed E-state index contributed by atoms with van der Waals surface area (Å²) >= 11 is 0. The standard InChI is InChI=1S/C17H30N2O/c1-5-17(6-2)8-9-19(13-17)12-16-10-15(11-18-7-3)14(4)20-16/h10,18H,5-9,11-13H2,1-4H3. The minimum Gasteiger partial charge on any atom is -0.465 e. The lowest BCUT2D eigenvalue weighted by molar-refractivity contribution is 0.225. The molecule has 20 heavy (non-hydrogen) atoms. The lowest BCUT2D eigenvalue weighted by atomic mass is 9.82. The first-order valence-corrected chi connectivity index (χ1v) is 8.13. The maximum absolute atomic E-state index is 5.93. The zero-order chi connectivity index (χ0) is 14.6. The Balaban J connectivity index is 1.94. The van der Waals surface area contributed by atoms with Gasteiger partial charge >= 0.3 is 0 Å². The highest BCUT2D eigenvalue weighted by Gasteiger charge is 2.35. The van der Waals surface area contributed by atoms with Crippen LogP contribution in [0, 0.1) is 12.3 Å². The highest BCUT2D eigenvalue weighted by Crippen LogP contribution is 2.37. The smallest absolute Gasteiger partial charge is 0.118 e. The summed E-state index contributed by atoms with van der Waals surface area (Å²) in [6, 6.07) is 2.23. The summed E-state index contributed by atoms with van der Waals surface area (Å²) in [5, 5.41) is 3.37. The minimum absolute atomic E-state index is 0.550. The average Bonchev–Trinajstić information content (AvgIpc) is 3.01. The lowest BCUT2D eigenvalue weighted by Crippen LogP contribution is -2.25. The Morgan fingerprint density at radius 1 is 1.30 bits per heavy atom. The van der Waals surface area contributed by atoms with Crippen molar-refractivity contribution in [1.82, 2.24) is 10.2 Å². The summed E-state index contributed by atoms with van der Waals surface area (Å²) in [6.45, 7) is 14.2. The Kier molecular flexibility index (Phi) is 5.28. The number of rotatable bonds is 7. The SMILES string of the molecule is CCNCc1cc(CN2CCC(CC)(CC)C2)oc1C. The summed E-state index contributed by atoms with van der Waals surface area (Å²) in [5.41, 5.74) is 1.85.